The van der Waals surface area contributed by atoms with E-state index >= 15 is 0 Å². The van der Waals surface area contributed by atoms with Gasteiger partial charge in [-0.2, -0.15) is 13.2 Å². The van der Waals surface area contributed by atoms with Gasteiger partial charge in [0.15, 0.2) is 17.3 Å². The van der Waals surface area contributed by atoms with Crippen molar-refractivity contribution >= 4 is 29.0 Å². The molecule has 6 nitrogen and oxygen atoms in total. The molecule has 31 heavy (non-hydrogen) atoms. The highest BCUT2D eigenvalue weighted by atomic mass is 35.5. The van der Waals surface area contributed by atoms with E-state index in [1.54, 1.807) is 0 Å². The minimum absolute atomic E-state index is 0.0442. The summed E-state index contributed by atoms with van der Waals surface area (Å²) in [6.45, 7) is 0. The van der Waals surface area contributed by atoms with Gasteiger partial charge in [-0.3, -0.25) is 14.1 Å². The number of fused-ring (bicyclic) bond motifs is 1. The number of nitrogens with zero attached hydrogens (tertiary/aromatic N) is 5. The number of rotatable bonds is 3. The molecule has 0 spiro atoms. The number of carbonyl (C=O) groups excluding carboxylic acids is 1. The van der Waals surface area contributed by atoms with Gasteiger partial charge in [0.2, 0.25) is 0 Å². The largest absolute Gasteiger partial charge is 0.416 e. The van der Waals surface area contributed by atoms with Crippen LogP contribution in [0, 0.1) is 5.82 Å². The Morgan fingerprint density at radius 3 is 2.42 bits per heavy atom. The van der Waals surface area contributed by atoms with Gasteiger partial charge in [-0.15, -0.1) is 0 Å². The fourth-order valence-corrected chi connectivity index (χ4v) is 3.11. The lowest BCUT2D eigenvalue weighted by molar-refractivity contribution is -0.137. The zero-order valence-electron chi connectivity index (χ0n) is 15.7. The Morgan fingerprint density at radius 2 is 1.77 bits per heavy atom. The molecule has 1 aromatic carbocycles. The van der Waals surface area contributed by atoms with Gasteiger partial charge in [0.25, 0.3) is 5.91 Å². The third-order valence-electron chi connectivity index (χ3n) is 4.53. The van der Waals surface area contributed by atoms with Gasteiger partial charge < -0.3 is 0 Å². The molecule has 3 aromatic heterocycles. The van der Waals surface area contributed by atoms with Crippen molar-refractivity contribution < 1.29 is 22.4 Å². The number of imidazole rings is 1. The van der Waals surface area contributed by atoms with Crippen molar-refractivity contribution in [1.82, 2.24) is 19.4 Å². The Hall–Kier alpha value is -3.53. The van der Waals surface area contributed by atoms with Crippen LogP contribution in [-0.2, 0) is 6.18 Å². The first-order chi connectivity index (χ1) is 14.6. The number of pyridine rings is 1. The zero-order chi connectivity index (χ0) is 22.3. The maximum atomic E-state index is 14.1. The van der Waals surface area contributed by atoms with Crippen LogP contribution in [0.1, 0.15) is 16.1 Å². The SMILES string of the molecule is CN(C(=O)c1cn2c(-c3ccc(C(F)(F)F)cc3)cnc2cn1)c1ncc(Cl)cc1F. The first-order valence-electron chi connectivity index (χ1n) is 8.75. The molecule has 0 aliphatic carbocycles. The summed E-state index contributed by atoms with van der Waals surface area (Å²) < 4.78 is 54.1. The second-order valence-electron chi connectivity index (χ2n) is 6.54. The summed E-state index contributed by atoms with van der Waals surface area (Å²) in [5.41, 5.74) is 0.478. The smallest absolute Gasteiger partial charge is 0.296 e. The highest BCUT2D eigenvalue weighted by Crippen LogP contribution is 2.31. The molecule has 0 unspecified atom stereocenters. The molecule has 0 saturated heterocycles. The number of aromatic nitrogens is 4. The van der Waals surface area contributed by atoms with E-state index < -0.39 is 23.5 Å². The van der Waals surface area contributed by atoms with Gasteiger partial charge in [-0.25, -0.2) is 19.3 Å². The van der Waals surface area contributed by atoms with Crippen molar-refractivity contribution in [3.05, 3.63) is 77.2 Å². The second kappa shape index (κ2) is 7.62. The number of benzene rings is 1. The van der Waals surface area contributed by atoms with Crippen LogP contribution < -0.4 is 4.90 Å². The monoisotopic (exact) mass is 449 g/mol. The van der Waals surface area contributed by atoms with Gasteiger partial charge in [-0.05, 0) is 18.2 Å². The van der Waals surface area contributed by atoms with Crippen LogP contribution in [0.25, 0.3) is 16.9 Å². The number of amides is 1. The Morgan fingerprint density at radius 1 is 1.06 bits per heavy atom. The highest BCUT2D eigenvalue weighted by Gasteiger charge is 2.30. The maximum Gasteiger partial charge on any atom is 0.416 e. The Bertz CT molecular complexity index is 1290. The number of hydrogen-bond donors (Lipinski definition) is 0. The zero-order valence-corrected chi connectivity index (χ0v) is 16.5. The number of halogens is 5. The molecule has 11 heteroatoms. The van der Waals surface area contributed by atoms with Gasteiger partial charge in [-0.1, -0.05) is 23.7 Å². The minimum atomic E-state index is -4.45. The lowest BCUT2D eigenvalue weighted by Crippen LogP contribution is -2.29. The molecule has 0 aliphatic heterocycles. The van der Waals surface area contributed by atoms with E-state index in [4.69, 9.17) is 11.6 Å². The van der Waals surface area contributed by atoms with Gasteiger partial charge in [0.1, 0.15) is 5.69 Å². The molecule has 1 amide bonds. The second-order valence-corrected chi connectivity index (χ2v) is 6.98. The molecule has 0 saturated carbocycles. The Kier molecular flexibility index (Phi) is 5.10. The van der Waals surface area contributed by atoms with E-state index in [0.29, 0.717) is 16.9 Å². The fourth-order valence-electron chi connectivity index (χ4n) is 2.97. The van der Waals surface area contributed by atoms with Gasteiger partial charge in [0, 0.05) is 25.0 Å². The Balaban J connectivity index is 1.70. The van der Waals surface area contributed by atoms with Crippen molar-refractivity contribution in [1.29, 1.82) is 0 Å². The summed E-state index contributed by atoms with van der Waals surface area (Å²) in [6, 6.07) is 5.58. The molecular weight excluding hydrogens is 438 g/mol. The average molecular weight is 450 g/mol. The number of hydrogen-bond acceptors (Lipinski definition) is 4. The predicted molar refractivity (Wildman–Crippen MR) is 105 cm³/mol. The summed E-state index contributed by atoms with van der Waals surface area (Å²) in [5.74, 6) is -1.66. The number of carbonyl (C=O) groups is 1. The minimum Gasteiger partial charge on any atom is -0.296 e. The van der Waals surface area contributed by atoms with Crippen LogP contribution >= 0.6 is 11.6 Å². The quantitative estimate of drug-likeness (QED) is 0.418. The average Bonchev–Trinajstić information content (AvgIpc) is 3.15. The molecule has 0 fully saturated rings. The molecule has 0 aliphatic rings. The third-order valence-corrected chi connectivity index (χ3v) is 4.74. The lowest BCUT2D eigenvalue weighted by Gasteiger charge is -2.16. The fraction of sp³-hybridized carbons (Fsp3) is 0.100. The van der Waals surface area contributed by atoms with Crippen molar-refractivity contribution in [2.75, 3.05) is 11.9 Å². The lowest BCUT2D eigenvalue weighted by atomic mass is 10.1. The standard InChI is InChI=1S/C20H12ClF4N5O/c1-29(18-14(22)6-13(21)7-28-18)19(31)15-10-30-16(8-27-17(30)9-26-15)11-2-4-12(5-3-11)20(23,24)25/h2-10H,1H3. The first kappa shape index (κ1) is 20.7. The maximum absolute atomic E-state index is 14.1. The van der Waals surface area contributed by atoms with Gasteiger partial charge >= 0.3 is 6.18 Å². The molecule has 0 bridgehead atoms. The van der Waals surface area contributed by atoms with Crippen LogP contribution in [0.2, 0.25) is 5.02 Å². The normalized spacial score (nSPS) is 11.7. The van der Waals surface area contributed by atoms with E-state index in [0.717, 1.165) is 23.1 Å². The molecular formula is C20H12ClF4N5O. The summed E-state index contributed by atoms with van der Waals surface area (Å²) in [7, 11) is 1.33. The first-order valence-corrected chi connectivity index (χ1v) is 9.13. The third kappa shape index (κ3) is 3.93. The predicted octanol–water partition coefficient (Wildman–Crippen LogP) is 4.88. The molecule has 0 N–H and O–H groups in total. The van der Waals surface area contributed by atoms with E-state index in [2.05, 4.69) is 15.0 Å². The highest BCUT2D eigenvalue weighted by molar-refractivity contribution is 6.30. The van der Waals surface area contributed by atoms with Crippen molar-refractivity contribution in [2.24, 2.45) is 0 Å². The van der Waals surface area contributed by atoms with E-state index in [1.165, 1.54) is 48.4 Å². The summed E-state index contributed by atoms with van der Waals surface area (Å²) in [6.07, 6.45) is 0.927. The summed E-state index contributed by atoms with van der Waals surface area (Å²) in [5, 5.41) is 0.0845. The van der Waals surface area contributed by atoms with Gasteiger partial charge in [0.05, 0.1) is 28.7 Å². The van der Waals surface area contributed by atoms with E-state index in [-0.39, 0.29) is 16.5 Å². The van der Waals surface area contributed by atoms with Crippen LogP contribution in [0.15, 0.2) is 55.1 Å². The number of alkyl halides is 3. The molecule has 0 atom stereocenters. The summed E-state index contributed by atoms with van der Waals surface area (Å²) in [4.78, 5) is 25.8. The Labute approximate surface area is 177 Å². The van der Waals surface area contributed by atoms with E-state index in [9.17, 15) is 22.4 Å². The van der Waals surface area contributed by atoms with Crippen molar-refractivity contribution in [3.63, 3.8) is 0 Å². The van der Waals surface area contributed by atoms with Crippen LogP contribution in [0.3, 0.4) is 0 Å². The molecule has 4 aromatic rings. The molecule has 4 rings (SSSR count). The van der Waals surface area contributed by atoms with Crippen LogP contribution in [0.4, 0.5) is 23.4 Å². The molecule has 3 heterocycles. The van der Waals surface area contributed by atoms with Crippen molar-refractivity contribution in [3.8, 4) is 11.3 Å². The van der Waals surface area contributed by atoms with E-state index in [1.807, 2.05) is 0 Å². The summed E-state index contributed by atoms with van der Waals surface area (Å²) >= 11 is 5.69. The topological polar surface area (TPSA) is 63.4 Å². The molecule has 158 valence electrons. The van der Waals surface area contributed by atoms with Crippen LogP contribution in [-0.4, -0.2) is 32.3 Å². The number of anilines is 1. The van der Waals surface area contributed by atoms with Crippen LogP contribution in [0.5, 0.6) is 0 Å². The van der Waals surface area contributed by atoms with Crippen molar-refractivity contribution in [2.45, 2.75) is 6.18 Å². The molecule has 0 radical (unpaired) electrons.